The van der Waals surface area contributed by atoms with E-state index in [0.717, 1.165) is 14.8 Å². The number of hydrogen-bond acceptors (Lipinski definition) is 2. The molecule has 108 valence electrons. The maximum atomic E-state index is 12.1. The Bertz CT molecular complexity index is 636. The summed E-state index contributed by atoms with van der Waals surface area (Å²) < 4.78 is 1.12. The van der Waals surface area contributed by atoms with Crippen LogP contribution in [0, 0.1) is 3.57 Å². The molecule has 2 rings (SSSR count). The summed E-state index contributed by atoms with van der Waals surface area (Å²) in [5, 5.41) is 5.56. The van der Waals surface area contributed by atoms with Crippen LogP contribution >= 0.6 is 22.6 Å². The summed E-state index contributed by atoms with van der Waals surface area (Å²) >= 11 is 2.21. The van der Waals surface area contributed by atoms with Crippen molar-refractivity contribution in [2.75, 3.05) is 5.32 Å². The van der Waals surface area contributed by atoms with E-state index < -0.39 is 0 Å². The standard InChI is InChI=1S/C16H15IN2O2/c1-11(20)18-10-12-2-4-13(5-3-12)16(21)19-15-8-6-14(17)7-9-15/h2-9H,10H2,1H3,(H,18,20)(H,19,21). The van der Waals surface area contributed by atoms with Crippen LogP contribution in [-0.4, -0.2) is 11.8 Å². The van der Waals surface area contributed by atoms with Crippen LogP contribution in [0.15, 0.2) is 48.5 Å². The highest BCUT2D eigenvalue weighted by Gasteiger charge is 2.06. The molecule has 2 amide bonds. The van der Waals surface area contributed by atoms with Gasteiger partial charge in [0, 0.05) is 28.3 Å². The highest BCUT2D eigenvalue weighted by molar-refractivity contribution is 14.1. The Labute approximate surface area is 137 Å². The fourth-order valence-electron chi connectivity index (χ4n) is 1.74. The van der Waals surface area contributed by atoms with Crippen molar-refractivity contribution in [3.8, 4) is 0 Å². The zero-order valence-electron chi connectivity index (χ0n) is 11.5. The quantitative estimate of drug-likeness (QED) is 0.783. The van der Waals surface area contributed by atoms with E-state index in [1.807, 2.05) is 36.4 Å². The van der Waals surface area contributed by atoms with E-state index in [2.05, 4.69) is 33.2 Å². The first-order valence-corrected chi connectivity index (χ1v) is 7.53. The Morgan fingerprint density at radius 1 is 1.00 bits per heavy atom. The molecule has 0 bridgehead atoms. The van der Waals surface area contributed by atoms with Gasteiger partial charge >= 0.3 is 0 Å². The van der Waals surface area contributed by atoms with Gasteiger partial charge in [0.05, 0.1) is 0 Å². The van der Waals surface area contributed by atoms with Gasteiger partial charge in [-0.05, 0) is 64.6 Å². The van der Waals surface area contributed by atoms with Gasteiger partial charge in [-0.15, -0.1) is 0 Å². The Hall–Kier alpha value is -1.89. The number of benzene rings is 2. The summed E-state index contributed by atoms with van der Waals surface area (Å²) in [6, 6.07) is 14.8. The molecule has 0 heterocycles. The molecule has 2 N–H and O–H groups in total. The minimum atomic E-state index is -0.151. The number of amides is 2. The first-order chi connectivity index (χ1) is 10.0. The minimum Gasteiger partial charge on any atom is -0.352 e. The zero-order valence-corrected chi connectivity index (χ0v) is 13.7. The lowest BCUT2D eigenvalue weighted by atomic mass is 10.1. The minimum absolute atomic E-state index is 0.0736. The van der Waals surface area contributed by atoms with Crippen LogP contribution in [0.3, 0.4) is 0 Å². The molecule has 0 spiro atoms. The third-order valence-corrected chi connectivity index (χ3v) is 3.58. The molecule has 0 fully saturated rings. The molecule has 0 radical (unpaired) electrons. The highest BCUT2D eigenvalue weighted by Crippen LogP contribution is 2.13. The zero-order chi connectivity index (χ0) is 15.2. The lowest BCUT2D eigenvalue weighted by Crippen LogP contribution is -2.19. The highest BCUT2D eigenvalue weighted by atomic mass is 127. The molecule has 0 unspecified atom stereocenters. The van der Waals surface area contributed by atoms with Gasteiger partial charge in [-0.1, -0.05) is 12.1 Å². The topological polar surface area (TPSA) is 58.2 Å². The molecule has 0 aliphatic carbocycles. The average molecular weight is 394 g/mol. The van der Waals surface area contributed by atoms with Gasteiger partial charge in [0.2, 0.25) is 5.91 Å². The molecule has 0 aliphatic heterocycles. The number of hydrogen-bond donors (Lipinski definition) is 2. The van der Waals surface area contributed by atoms with Gasteiger partial charge in [0.15, 0.2) is 0 Å². The molecule has 0 saturated heterocycles. The van der Waals surface area contributed by atoms with Gasteiger partial charge in [0.1, 0.15) is 0 Å². The van der Waals surface area contributed by atoms with Crippen molar-refractivity contribution in [3.05, 3.63) is 63.2 Å². The average Bonchev–Trinajstić information content (AvgIpc) is 2.48. The fourth-order valence-corrected chi connectivity index (χ4v) is 2.10. The number of nitrogens with one attached hydrogen (secondary N) is 2. The van der Waals surface area contributed by atoms with Crippen LogP contribution < -0.4 is 10.6 Å². The summed E-state index contributed by atoms with van der Waals surface area (Å²) in [5.74, 6) is -0.224. The number of carbonyl (C=O) groups excluding carboxylic acids is 2. The van der Waals surface area contributed by atoms with Crippen LogP contribution in [0.4, 0.5) is 5.69 Å². The van der Waals surface area contributed by atoms with Gasteiger partial charge in [0.25, 0.3) is 5.91 Å². The van der Waals surface area contributed by atoms with Crippen LogP contribution in [0.2, 0.25) is 0 Å². The van der Waals surface area contributed by atoms with E-state index >= 15 is 0 Å². The third kappa shape index (κ3) is 4.86. The van der Waals surface area contributed by atoms with Crippen LogP contribution in [0.1, 0.15) is 22.8 Å². The summed E-state index contributed by atoms with van der Waals surface area (Å²) in [7, 11) is 0. The molecule has 21 heavy (non-hydrogen) atoms. The van der Waals surface area contributed by atoms with Gasteiger partial charge in [-0.25, -0.2) is 0 Å². The van der Waals surface area contributed by atoms with Crippen LogP contribution in [0.25, 0.3) is 0 Å². The Morgan fingerprint density at radius 3 is 2.19 bits per heavy atom. The molecular weight excluding hydrogens is 379 g/mol. The number of halogens is 1. The molecule has 0 aliphatic rings. The predicted octanol–water partition coefficient (Wildman–Crippen LogP) is 3.18. The van der Waals surface area contributed by atoms with E-state index in [4.69, 9.17) is 0 Å². The number of carbonyl (C=O) groups is 2. The van der Waals surface area contributed by atoms with Crippen molar-refractivity contribution in [2.45, 2.75) is 13.5 Å². The van der Waals surface area contributed by atoms with Gasteiger partial charge < -0.3 is 10.6 Å². The molecule has 2 aromatic rings. The van der Waals surface area contributed by atoms with E-state index in [9.17, 15) is 9.59 Å². The second-order valence-corrected chi connectivity index (χ2v) is 5.81. The van der Waals surface area contributed by atoms with E-state index in [0.29, 0.717) is 12.1 Å². The summed E-state index contributed by atoms with van der Waals surface area (Å²) in [4.78, 5) is 22.9. The second-order valence-electron chi connectivity index (χ2n) is 4.57. The molecule has 0 atom stereocenters. The van der Waals surface area contributed by atoms with E-state index in [-0.39, 0.29) is 11.8 Å². The van der Waals surface area contributed by atoms with Crippen LogP contribution in [-0.2, 0) is 11.3 Å². The van der Waals surface area contributed by atoms with Gasteiger partial charge in [-0.3, -0.25) is 9.59 Å². The first-order valence-electron chi connectivity index (χ1n) is 6.45. The fraction of sp³-hybridized carbons (Fsp3) is 0.125. The Morgan fingerprint density at radius 2 is 1.62 bits per heavy atom. The van der Waals surface area contributed by atoms with Crippen molar-refractivity contribution in [1.82, 2.24) is 5.32 Å². The monoisotopic (exact) mass is 394 g/mol. The molecule has 4 nitrogen and oxygen atoms in total. The summed E-state index contributed by atoms with van der Waals surface area (Å²) in [6.07, 6.45) is 0. The normalized spacial score (nSPS) is 10.0. The SMILES string of the molecule is CC(=O)NCc1ccc(C(=O)Nc2ccc(I)cc2)cc1. The van der Waals surface area contributed by atoms with E-state index in [1.165, 1.54) is 6.92 Å². The molecule has 5 heteroatoms. The van der Waals surface area contributed by atoms with Crippen molar-refractivity contribution < 1.29 is 9.59 Å². The smallest absolute Gasteiger partial charge is 0.255 e. The molecule has 0 aromatic heterocycles. The number of rotatable bonds is 4. The molecule has 2 aromatic carbocycles. The Balaban J connectivity index is 1.99. The second kappa shape index (κ2) is 7.21. The lowest BCUT2D eigenvalue weighted by molar-refractivity contribution is -0.119. The predicted molar refractivity (Wildman–Crippen MR) is 91.1 cm³/mol. The summed E-state index contributed by atoms with van der Waals surface area (Å²) in [5.41, 5.74) is 2.30. The first kappa shape index (κ1) is 15.5. The maximum absolute atomic E-state index is 12.1. The number of anilines is 1. The van der Waals surface area contributed by atoms with Crippen molar-refractivity contribution in [3.63, 3.8) is 0 Å². The van der Waals surface area contributed by atoms with Gasteiger partial charge in [-0.2, -0.15) is 0 Å². The van der Waals surface area contributed by atoms with Crippen molar-refractivity contribution >= 4 is 40.1 Å². The lowest BCUT2D eigenvalue weighted by Gasteiger charge is -2.07. The maximum Gasteiger partial charge on any atom is 0.255 e. The summed E-state index contributed by atoms with van der Waals surface area (Å²) in [6.45, 7) is 1.94. The molecular formula is C16H15IN2O2. The van der Waals surface area contributed by atoms with E-state index in [1.54, 1.807) is 12.1 Å². The Kier molecular flexibility index (Phi) is 5.32. The largest absolute Gasteiger partial charge is 0.352 e. The van der Waals surface area contributed by atoms with Crippen molar-refractivity contribution in [2.24, 2.45) is 0 Å². The van der Waals surface area contributed by atoms with Crippen LogP contribution in [0.5, 0.6) is 0 Å². The third-order valence-electron chi connectivity index (χ3n) is 2.86. The molecule has 0 saturated carbocycles. The van der Waals surface area contributed by atoms with Crippen molar-refractivity contribution in [1.29, 1.82) is 0 Å².